The number of pyridine rings is 1. The van der Waals surface area contributed by atoms with Crippen molar-refractivity contribution in [2.45, 2.75) is 25.9 Å². The smallest absolute Gasteiger partial charge is 0.295 e. The number of hydrogen-bond donors (Lipinski definition) is 3. The second-order valence-corrected chi connectivity index (χ2v) is 8.47. The van der Waals surface area contributed by atoms with Crippen LogP contribution in [0.15, 0.2) is 51.4 Å². The molecule has 9 nitrogen and oxygen atoms in total. The molecule has 3 N–H and O–H groups in total. The zero-order valence-electron chi connectivity index (χ0n) is 19.3. The molecule has 35 heavy (non-hydrogen) atoms. The molecule has 182 valence electrons. The topological polar surface area (TPSA) is 117 Å². The Morgan fingerprint density at radius 3 is 2.80 bits per heavy atom. The van der Waals surface area contributed by atoms with E-state index in [2.05, 4.69) is 20.6 Å². The quantitative estimate of drug-likeness (QED) is 0.357. The van der Waals surface area contributed by atoms with Crippen molar-refractivity contribution in [3.8, 4) is 11.3 Å². The first-order valence-corrected chi connectivity index (χ1v) is 11.5. The highest BCUT2D eigenvalue weighted by Gasteiger charge is 2.24. The first-order valence-electron chi connectivity index (χ1n) is 11.5. The highest BCUT2D eigenvalue weighted by atomic mass is 19.1. The Hall–Kier alpha value is -3.92. The SMILES string of the molecule is Cc1cc(-c2ccc(C(=O)Nc3cc4oc(NCCO)nc4cc3N3CCC(F)CC3)o2)ccn1. The third kappa shape index (κ3) is 4.97. The second kappa shape index (κ2) is 9.75. The molecule has 0 unspecified atom stereocenters. The molecule has 1 amide bonds. The Labute approximate surface area is 201 Å². The monoisotopic (exact) mass is 479 g/mol. The number of nitrogens with zero attached hydrogens (tertiary/aromatic N) is 3. The van der Waals surface area contributed by atoms with Gasteiger partial charge >= 0.3 is 0 Å². The first-order chi connectivity index (χ1) is 17.0. The molecule has 0 radical (unpaired) electrons. The number of anilines is 3. The van der Waals surface area contributed by atoms with Gasteiger partial charge in [-0.05, 0) is 50.1 Å². The summed E-state index contributed by atoms with van der Waals surface area (Å²) in [5.41, 5.74) is 3.99. The minimum atomic E-state index is -0.826. The normalized spacial score (nSPS) is 14.4. The highest BCUT2D eigenvalue weighted by Crippen LogP contribution is 2.35. The van der Waals surface area contributed by atoms with E-state index in [1.165, 1.54) is 0 Å². The summed E-state index contributed by atoms with van der Waals surface area (Å²) in [6, 6.07) is 10.9. The van der Waals surface area contributed by atoms with E-state index in [4.69, 9.17) is 13.9 Å². The van der Waals surface area contributed by atoms with Gasteiger partial charge in [-0.25, -0.2) is 4.39 Å². The molecule has 1 saturated heterocycles. The standard InChI is InChI=1S/C25H26FN5O4/c1-15-12-16(4-7-27-15)21-2-3-22(34-21)24(33)29-18-14-23-19(30-25(35-23)28-8-11-32)13-20(18)31-9-5-17(26)6-10-31/h2-4,7,12-14,17,32H,5-6,8-11H2,1H3,(H,28,30)(H,29,33). The van der Waals surface area contributed by atoms with Crippen LogP contribution in [0.2, 0.25) is 0 Å². The molecule has 1 aliphatic rings. The van der Waals surface area contributed by atoms with Crippen LogP contribution in [0.5, 0.6) is 0 Å². The van der Waals surface area contributed by atoms with Crippen LogP contribution in [0.4, 0.5) is 21.8 Å². The Morgan fingerprint density at radius 2 is 2.03 bits per heavy atom. The number of aryl methyl sites for hydroxylation is 1. The summed E-state index contributed by atoms with van der Waals surface area (Å²) >= 11 is 0. The Morgan fingerprint density at radius 1 is 1.20 bits per heavy atom. The molecule has 3 aromatic heterocycles. The van der Waals surface area contributed by atoms with E-state index in [0.29, 0.717) is 55.0 Å². The van der Waals surface area contributed by atoms with Crippen molar-refractivity contribution >= 4 is 34.4 Å². The molecule has 1 fully saturated rings. The Bertz CT molecular complexity index is 1340. The maximum atomic E-state index is 13.8. The van der Waals surface area contributed by atoms with E-state index in [1.807, 2.05) is 30.0 Å². The minimum Gasteiger partial charge on any atom is -0.451 e. The van der Waals surface area contributed by atoms with Gasteiger partial charge in [-0.2, -0.15) is 4.98 Å². The number of rotatable bonds is 7. The van der Waals surface area contributed by atoms with Crippen molar-refractivity contribution in [1.82, 2.24) is 9.97 Å². The van der Waals surface area contributed by atoms with Crippen molar-refractivity contribution in [2.24, 2.45) is 0 Å². The van der Waals surface area contributed by atoms with Crippen LogP contribution in [0.1, 0.15) is 29.1 Å². The molecule has 0 bridgehead atoms. The summed E-state index contributed by atoms with van der Waals surface area (Å²) in [5.74, 6) is 0.308. The maximum absolute atomic E-state index is 13.8. The summed E-state index contributed by atoms with van der Waals surface area (Å²) in [6.45, 7) is 3.17. The van der Waals surface area contributed by atoms with Gasteiger partial charge in [-0.3, -0.25) is 9.78 Å². The largest absolute Gasteiger partial charge is 0.451 e. The van der Waals surface area contributed by atoms with Gasteiger partial charge in [0.25, 0.3) is 11.9 Å². The van der Waals surface area contributed by atoms with E-state index < -0.39 is 12.1 Å². The molecule has 1 aliphatic heterocycles. The molecule has 0 spiro atoms. The fourth-order valence-electron chi connectivity index (χ4n) is 4.15. The van der Waals surface area contributed by atoms with Gasteiger partial charge < -0.3 is 29.5 Å². The van der Waals surface area contributed by atoms with Gasteiger partial charge in [-0.1, -0.05) is 0 Å². The molecule has 0 aliphatic carbocycles. The van der Waals surface area contributed by atoms with Crippen molar-refractivity contribution in [2.75, 3.05) is 41.8 Å². The fourth-order valence-corrected chi connectivity index (χ4v) is 4.15. The van der Waals surface area contributed by atoms with Gasteiger partial charge in [0.1, 0.15) is 17.4 Å². The molecule has 0 atom stereocenters. The second-order valence-electron chi connectivity index (χ2n) is 8.47. The molecule has 10 heteroatoms. The highest BCUT2D eigenvalue weighted by molar-refractivity contribution is 6.06. The molecule has 1 aromatic carbocycles. The van der Waals surface area contributed by atoms with Gasteiger partial charge in [0.15, 0.2) is 11.3 Å². The molecule has 0 saturated carbocycles. The average Bonchev–Trinajstić information content (AvgIpc) is 3.50. The van der Waals surface area contributed by atoms with Crippen LogP contribution in [0.25, 0.3) is 22.4 Å². The number of amides is 1. The lowest BCUT2D eigenvalue weighted by atomic mass is 10.1. The lowest BCUT2D eigenvalue weighted by Crippen LogP contribution is -2.35. The van der Waals surface area contributed by atoms with Crippen molar-refractivity contribution < 1.29 is 23.1 Å². The average molecular weight is 480 g/mol. The molecule has 5 rings (SSSR count). The van der Waals surface area contributed by atoms with Crippen LogP contribution in [-0.2, 0) is 0 Å². The van der Waals surface area contributed by atoms with Crippen molar-refractivity contribution in [3.05, 3.63) is 54.0 Å². The summed E-state index contributed by atoms with van der Waals surface area (Å²) in [7, 11) is 0. The number of aliphatic hydroxyl groups excluding tert-OH is 1. The number of fused-ring (bicyclic) bond motifs is 1. The van der Waals surface area contributed by atoms with Crippen LogP contribution in [0, 0.1) is 6.92 Å². The lowest BCUT2D eigenvalue weighted by molar-refractivity contribution is 0.0997. The molecule has 4 heterocycles. The number of oxazole rings is 1. The fraction of sp³-hybridized carbons (Fsp3) is 0.320. The van der Waals surface area contributed by atoms with Crippen LogP contribution in [0.3, 0.4) is 0 Å². The number of piperidine rings is 1. The number of alkyl halides is 1. The molecular weight excluding hydrogens is 453 g/mol. The van der Waals surface area contributed by atoms with Crippen LogP contribution < -0.4 is 15.5 Å². The van der Waals surface area contributed by atoms with Crippen LogP contribution >= 0.6 is 0 Å². The first kappa shape index (κ1) is 22.9. The summed E-state index contributed by atoms with van der Waals surface area (Å²) in [6.07, 6.45) is 1.70. The summed E-state index contributed by atoms with van der Waals surface area (Å²) < 4.78 is 25.3. The van der Waals surface area contributed by atoms with Gasteiger partial charge in [0, 0.05) is 43.2 Å². The number of benzene rings is 1. The van der Waals surface area contributed by atoms with E-state index in [0.717, 1.165) is 16.9 Å². The number of hydrogen-bond acceptors (Lipinski definition) is 8. The number of halogens is 1. The molecular formula is C25H26FN5O4. The van der Waals surface area contributed by atoms with Gasteiger partial charge in [-0.15, -0.1) is 0 Å². The zero-order valence-corrected chi connectivity index (χ0v) is 19.3. The molecule has 4 aromatic rings. The van der Waals surface area contributed by atoms with E-state index in [9.17, 15) is 9.18 Å². The Balaban J connectivity index is 1.44. The van der Waals surface area contributed by atoms with Gasteiger partial charge in [0.05, 0.1) is 18.0 Å². The number of carbonyl (C=O) groups is 1. The number of furan rings is 1. The van der Waals surface area contributed by atoms with E-state index in [1.54, 1.807) is 24.4 Å². The maximum Gasteiger partial charge on any atom is 0.295 e. The van der Waals surface area contributed by atoms with Crippen molar-refractivity contribution in [3.63, 3.8) is 0 Å². The predicted molar refractivity (Wildman–Crippen MR) is 131 cm³/mol. The van der Waals surface area contributed by atoms with E-state index >= 15 is 0 Å². The minimum absolute atomic E-state index is 0.0619. The summed E-state index contributed by atoms with van der Waals surface area (Å²) in [5, 5.41) is 14.9. The third-order valence-electron chi connectivity index (χ3n) is 5.92. The van der Waals surface area contributed by atoms with Crippen molar-refractivity contribution in [1.29, 1.82) is 0 Å². The third-order valence-corrected chi connectivity index (χ3v) is 5.92. The number of aromatic nitrogens is 2. The van der Waals surface area contributed by atoms with Crippen LogP contribution in [-0.4, -0.2) is 53.4 Å². The lowest BCUT2D eigenvalue weighted by Gasteiger charge is -2.32. The summed E-state index contributed by atoms with van der Waals surface area (Å²) in [4.78, 5) is 23.8. The Kier molecular flexibility index (Phi) is 6.37. The predicted octanol–water partition coefficient (Wildman–Crippen LogP) is 4.39. The number of carbonyl (C=O) groups excluding carboxylic acids is 1. The van der Waals surface area contributed by atoms with Gasteiger partial charge in [0.2, 0.25) is 0 Å². The zero-order chi connectivity index (χ0) is 24.4. The number of nitrogens with one attached hydrogen (secondary N) is 2. The van der Waals surface area contributed by atoms with E-state index in [-0.39, 0.29) is 18.4 Å². The number of aliphatic hydroxyl groups is 1.